The van der Waals surface area contributed by atoms with Gasteiger partial charge in [-0.25, -0.2) is 0 Å². The Morgan fingerprint density at radius 3 is 2.75 bits per heavy atom. The van der Waals surface area contributed by atoms with E-state index in [4.69, 9.17) is 5.73 Å². The Kier molecular flexibility index (Phi) is 3.88. The zero-order chi connectivity index (χ0) is 8.81. The standard InChI is InChI=1S/C10H18N2/c1-12-8-6-10(9-12)5-3-2-4-7-11/h6,8-9H,2-5,7,11H2,1H3. The van der Waals surface area contributed by atoms with Crippen molar-refractivity contribution in [2.75, 3.05) is 6.54 Å². The number of aryl methyl sites for hydroxylation is 2. The summed E-state index contributed by atoms with van der Waals surface area (Å²) < 4.78 is 2.10. The van der Waals surface area contributed by atoms with E-state index in [1.807, 2.05) is 0 Å². The van der Waals surface area contributed by atoms with Crippen molar-refractivity contribution in [2.24, 2.45) is 12.8 Å². The minimum absolute atomic E-state index is 0.828. The van der Waals surface area contributed by atoms with E-state index in [0.29, 0.717) is 0 Å². The third-order valence-electron chi connectivity index (χ3n) is 2.06. The number of hydrogen-bond donors (Lipinski definition) is 1. The molecule has 68 valence electrons. The van der Waals surface area contributed by atoms with Crippen LogP contribution in [0.15, 0.2) is 18.5 Å². The molecule has 0 aliphatic rings. The summed E-state index contributed by atoms with van der Waals surface area (Å²) >= 11 is 0. The summed E-state index contributed by atoms with van der Waals surface area (Å²) in [5.74, 6) is 0. The topological polar surface area (TPSA) is 30.9 Å². The third-order valence-corrected chi connectivity index (χ3v) is 2.06. The maximum absolute atomic E-state index is 5.41. The Balaban J connectivity index is 2.15. The molecule has 0 spiro atoms. The number of rotatable bonds is 5. The van der Waals surface area contributed by atoms with Crippen LogP contribution in [0.3, 0.4) is 0 Å². The highest BCUT2D eigenvalue weighted by atomic mass is 14.9. The predicted octanol–water partition coefficient (Wildman–Crippen LogP) is 1.70. The molecule has 0 aromatic carbocycles. The fourth-order valence-corrected chi connectivity index (χ4v) is 1.36. The van der Waals surface area contributed by atoms with Gasteiger partial charge in [0.1, 0.15) is 0 Å². The smallest absolute Gasteiger partial charge is 0.0106 e. The molecule has 0 amide bonds. The van der Waals surface area contributed by atoms with Crippen LogP contribution in [0.5, 0.6) is 0 Å². The highest BCUT2D eigenvalue weighted by Gasteiger charge is 1.93. The lowest BCUT2D eigenvalue weighted by molar-refractivity contribution is 0.686. The average molecular weight is 166 g/mol. The van der Waals surface area contributed by atoms with Crippen molar-refractivity contribution in [1.29, 1.82) is 0 Å². The molecular formula is C10H18N2. The Morgan fingerprint density at radius 2 is 2.17 bits per heavy atom. The van der Waals surface area contributed by atoms with E-state index in [-0.39, 0.29) is 0 Å². The van der Waals surface area contributed by atoms with Crippen LogP contribution in [-0.4, -0.2) is 11.1 Å². The van der Waals surface area contributed by atoms with Gasteiger partial charge in [-0.15, -0.1) is 0 Å². The molecule has 2 N–H and O–H groups in total. The van der Waals surface area contributed by atoms with E-state index in [1.54, 1.807) is 0 Å². The van der Waals surface area contributed by atoms with Gasteiger partial charge in [0.25, 0.3) is 0 Å². The Morgan fingerprint density at radius 1 is 1.33 bits per heavy atom. The summed E-state index contributed by atoms with van der Waals surface area (Å²) in [4.78, 5) is 0. The van der Waals surface area contributed by atoms with Gasteiger partial charge in [0, 0.05) is 19.4 Å². The Labute approximate surface area is 74.4 Å². The van der Waals surface area contributed by atoms with Gasteiger partial charge >= 0.3 is 0 Å². The summed E-state index contributed by atoms with van der Waals surface area (Å²) in [6.45, 7) is 0.828. The molecule has 1 rings (SSSR count). The van der Waals surface area contributed by atoms with E-state index < -0.39 is 0 Å². The van der Waals surface area contributed by atoms with E-state index >= 15 is 0 Å². The van der Waals surface area contributed by atoms with Crippen molar-refractivity contribution < 1.29 is 0 Å². The van der Waals surface area contributed by atoms with Gasteiger partial charge in [0.2, 0.25) is 0 Å². The molecule has 0 saturated heterocycles. The molecule has 2 nitrogen and oxygen atoms in total. The second kappa shape index (κ2) is 4.99. The van der Waals surface area contributed by atoms with Crippen molar-refractivity contribution in [2.45, 2.75) is 25.7 Å². The van der Waals surface area contributed by atoms with Gasteiger partial charge in [0.15, 0.2) is 0 Å². The number of hydrogen-bond acceptors (Lipinski definition) is 1. The van der Waals surface area contributed by atoms with Gasteiger partial charge in [-0.1, -0.05) is 6.42 Å². The van der Waals surface area contributed by atoms with Crippen LogP contribution in [0.4, 0.5) is 0 Å². The molecule has 0 atom stereocenters. The lowest BCUT2D eigenvalue weighted by Gasteiger charge is -1.96. The molecule has 0 aliphatic carbocycles. The van der Waals surface area contributed by atoms with E-state index in [9.17, 15) is 0 Å². The molecule has 0 radical (unpaired) electrons. The number of nitrogens with two attached hydrogens (primary N) is 1. The summed E-state index contributed by atoms with van der Waals surface area (Å²) in [5, 5.41) is 0. The lowest BCUT2D eigenvalue weighted by Crippen LogP contribution is -1.98. The number of nitrogens with zero attached hydrogens (tertiary/aromatic N) is 1. The number of aromatic nitrogens is 1. The molecule has 1 aromatic heterocycles. The highest BCUT2D eigenvalue weighted by molar-refractivity contribution is 5.09. The number of unbranched alkanes of at least 4 members (excludes halogenated alkanes) is 2. The van der Waals surface area contributed by atoms with Gasteiger partial charge in [-0.3, -0.25) is 0 Å². The summed E-state index contributed by atoms with van der Waals surface area (Å²) in [6.07, 6.45) is 9.15. The van der Waals surface area contributed by atoms with E-state index in [2.05, 4.69) is 30.1 Å². The van der Waals surface area contributed by atoms with Crippen LogP contribution in [0.2, 0.25) is 0 Å². The second-order valence-corrected chi connectivity index (χ2v) is 3.28. The Bertz CT molecular complexity index is 215. The monoisotopic (exact) mass is 166 g/mol. The molecule has 0 bridgehead atoms. The van der Waals surface area contributed by atoms with Crippen molar-refractivity contribution in [3.63, 3.8) is 0 Å². The van der Waals surface area contributed by atoms with Crippen LogP contribution in [0, 0.1) is 0 Å². The predicted molar refractivity (Wildman–Crippen MR) is 52.0 cm³/mol. The van der Waals surface area contributed by atoms with Crippen molar-refractivity contribution in [3.8, 4) is 0 Å². The maximum Gasteiger partial charge on any atom is 0.0106 e. The molecule has 0 aliphatic heterocycles. The molecule has 2 heteroatoms. The van der Waals surface area contributed by atoms with Gasteiger partial charge < -0.3 is 10.3 Å². The van der Waals surface area contributed by atoms with Crippen LogP contribution in [0.25, 0.3) is 0 Å². The minimum atomic E-state index is 0.828. The molecule has 0 fully saturated rings. The first-order valence-electron chi connectivity index (χ1n) is 4.64. The zero-order valence-corrected chi connectivity index (χ0v) is 7.79. The fourth-order valence-electron chi connectivity index (χ4n) is 1.36. The molecule has 0 saturated carbocycles. The normalized spacial score (nSPS) is 10.5. The molecule has 1 aromatic rings. The average Bonchev–Trinajstić information content (AvgIpc) is 2.45. The SMILES string of the molecule is Cn1ccc(CCCCCN)c1. The first-order chi connectivity index (χ1) is 5.83. The van der Waals surface area contributed by atoms with Gasteiger partial charge in [0.05, 0.1) is 0 Å². The third kappa shape index (κ3) is 3.09. The lowest BCUT2D eigenvalue weighted by atomic mass is 10.1. The summed E-state index contributed by atoms with van der Waals surface area (Å²) in [6, 6.07) is 2.18. The van der Waals surface area contributed by atoms with Gasteiger partial charge in [-0.2, -0.15) is 0 Å². The first kappa shape index (κ1) is 9.33. The van der Waals surface area contributed by atoms with Gasteiger partial charge in [-0.05, 0) is 37.4 Å². The van der Waals surface area contributed by atoms with Crippen LogP contribution in [0.1, 0.15) is 24.8 Å². The van der Waals surface area contributed by atoms with Crippen molar-refractivity contribution >= 4 is 0 Å². The van der Waals surface area contributed by atoms with Crippen LogP contribution >= 0.6 is 0 Å². The quantitative estimate of drug-likeness (QED) is 0.663. The largest absolute Gasteiger partial charge is 0.357 e. The Hall–Kier alpha value is -0.760. The van der Waals surface area contributed by atoms with Crippen LogP contribution in [-0.2, 0) is 13.5 Å². The highest BCUT2D eigenvalue weighted by Crippen LogP contribution is 2.05. The zero-order valence-electron chi connectivity index (χ0n) is 7.79. The van der Waals surface area contributed by atoms with Crippen molar-refractivity contribution in [1.82, 2.24) is 4.57 Å². The first-order valence-corrected chi connectivity index (χ1v) is 4.64. The second-order valence-electron chi connectivity index (χ2n) is 3.28. The minimum Gasteiger partial charge on any atom is -0.357 e. The van der Waals surface area contributed by atoms with Crippen LogP contribution < -0.4 is 5.73 Å². The van der Waals surface area contributed by atoms with E-state index in [1.165, 1.54) is 24.8 Å². The molecule has 0 unspecified atom stereocenters. The van der Waals surface area contributed by atoms with E-state index in [0.717, 1.165) is 13.0 Å². The fraction of sp³-hybridized carbons (Fsp3) is 0.600. The molecule has 1 heterocycles. The molecule has 12 heavy (non-hydrogen) atoms. The maximum atomic E-state index is 5.41. The summed E-state index contributed by atoms with van der Waals surface area (Å²) in [7, 11) is 2.06. The van der Waals surface area contributed by atoms with Crippen molar-refractivity contribution in [3.05, 3.63) is 24.0 Å². The summed E-state index contributed by atoms with van der Waals surface area (Å²) in [5.41, 5.74) is 6.85. The molecular weight excluding hydrogens is 148 g/mol.